The van der Waals surface area contributed by atoms with Gasteiger partial charge in [-0.25, -0.2) is 0 Å². The lowest BCUT2D eigenvalue weighted by atomic mass is 9.99. The van der Waals surface area contributed by atoms with Crippen molar-refractivity contribution in [3.05, 3.63) is 127 Å². The minimum atomic E-state index is -0.522. The van der Waals surface area contributed by atoms with Gasteiger partial charge in [-0.1, -0.05) is 72.8 Å². The summed E-state index contributed by atoms with van der Waals surface area (Å²) in [5.41, 5.74) is 1.24. The molecule has 0 spiro atoms. The van der Waals surface area contributed by atoms with Gasteiger partial charge in [0.1, 0.15) is 0 Å². The summed E-state index contributed by atoms with van der Waals surface area (Å²) < 4.78 is 0. The van der Waals surface area contributed by atoms with Gasteiger partial charge in [-0.2, -0.15) is 0 Å². The van der Waals surface area contributed by atoms with Crippen LogP contribution < -0.4 is 0 Å². The van der Waals surface area contributed by atoms with Crippen LogP contribution in [0.4, 0.5) is 0 Å². The van der Waals surface area contributed by atoms with E-state index in [1.54, 1.807) is 60.7 Å². The standard InChI is InChI=1S/C22H16N2O4/c25-23(26)21(15-17-9-3-1-4-10-17)19-13-7-8-14-20(19)22(24(27)28)16-18-11-5-2-6-12-18/h1-16H. The van der Waals surface area contributed by atoms with Crippen LogP contribution in [0.2, 0.25) is 0 Å². The Balaban J connectivity index is 2.18. The largest absolute Gasteiger partial charge is 0.278 e. The van der Waals surface area contributed by atoms with Gasteiger partial charge in [0.25, 0.3) is 11.4 Å². The molecule has 0 bridgehead atoms. The highest BCUT2D eigenvalue weighted by molar-refractivity contribution is 5.86. The summed E-state index contributed by atoms with van der Waals surface area (Å²) in [7, 11) is 0. The van der Waals surface area contributed by atoms with E-state index >= 15 is 0 Å². The highest BCUT2D eigenvalue weighted by atomic mass is 16.6. The summed E-state index contributed by atoms with van der Waals surface area (Å²) in [4.78, 5) is 22.5. The topological polar surface area (TPSA) is 86.3 Å². The van der Waals surface area contributed by atoms with Gasteiger partial charge >= 0.3 is 0 Å². The first-order chi connectivity index (χ1) is 13.6. The molecule has 6 nitrogen and oxygen atoms in total. The van der Waals surface area contributed by atoms with E-state index in [4.69, 9.17) is 0 Å². The predicted molar refractivity (Wildman–Crippen MR) is 109 cm³/mol. The van der Waals surface area contributed by atoms with Crippen molar-refractivity contribution >= 4 is 23.5 Å². The number of hydrogen-bond acceptors (Lipinski definition) is 4. The fourth-order valence-electron chi connectivity index (χ4n) is 2.80. The summed E-state index contributed by atoms with van der Waals surface area (Å²) in [6.07, 6.45) is 2.83. The van der Waals surface area contributed by atoms with E-state index in [1.165, 1.54) is 24.3 Å². The highest BCUT2D eigenvalue weighted by Gasteiger charge is 2.25. The molecule has 0 aliphatic rings. The van der Waals surface area contributed by atoms with Gasteiger partial charge in [-0.05, 0) is 23.3 Å². The van der Waals surface area contributed by atoms with Gasteiger partial charge in [0.05, 0.1) is 21.0 Å². The third-order valence-electron chi connectivity index (χ3n) is 4.08. The van der Waals surface area contributed by atoms with Crippen molar-refractivity contribution < 1.29 is 9.85 Å². The lowest BCUT2D eigenvalue weighted by molar-refractivity contribution is -0.377. The van der Waals surface area contributed by atoms with Gasteiger partial charge in [-0.3, -0.25) is 20.2 Å². The second-order valence-electron chi connectivity index (χ2n) is 5.94. The molecule has 3 aromatic rings. The van der Waals surface area contributed by atoms with Crippen LogP contribution in [0.25, 0.3) is 23.5 Å². The van der Waals surface area contributed by atoms with Crippen molar-refractivity contribution in [3.63, 3.8) is 0 Å². The molecule has 0 fully saturated rings. The molecule has 0 aromatic heterocycles. The van der Waals surface area contributed by atoms with E-state index in [0.717, 1.165) is 0 Å². The third kappa shape index (κ3) is 4.37. The van der Waals surface area contributed by atoms with Crippen LogP contribution in [0.15, 0.2) is 84.9 Å². The molecule has 0 aliphatic heterocycles. The van der Waals surface area contributed by atoms with Crippen LogP contribution in [0.5, 0.6) is 0 Å². The monoisotopic (exact) mass is 372 g/mol. The lowest BCUT2D eigenvalue weighted by Crippen LogP contribution is -2.05. The first kappa shape index (κ1) is 18.7. The second kappa shape index (κ2) is 8.55. The number of rotatable bonds is 6. The average Bonchev–Trinajstić information content (AvgIpc) is 2.71. The summed E-state index contributed by atoms with van der Waals surface area (Å²) in [5.74, 6) is 0. The van der Waals surface area contributed by atoms with Gasteiger partial charge in [-0.15, -0.1) is 0 Å². The normalized spacial score (nSPS) is 11.9. The zero-order chi connectivity index (χ0) is 19.9. The quantitative estimate of drug-likeness (QED) is 0.336. The molecule has 0 unspecified atom stereocenters. The molecule has 0 aliphatic carbocycles. The third-order valence-corrected chi connectivity index (χ3v) is 4.08. The molecule has 0 radical (unpaired) electrons. The Morgan fingerprint density at radius 1 is 0.571 bits per heavy atom. The van der Waals surface area contributed by atoms with Gasteiger partial charge < -0.3 is 0 Å². The summed E-state index contributed by atoms with van der Waals surface area (Å²) >= 11 is 0. The number of benzene rings is 3. The van der Waals surface area contributed by atoms with Crippen LogP contribution in [0.3, 0.4) is 0 Å². The van der Waals surface area contributed by atoms with Crippen molar-refractivity contribution in [1.29, 1.82) is 0 Å². The van der Waals surface area contributed by atoms with E-state index < -0.39 is 9.85 Å². The van der Waals surface area contributed by atoms with Crippen molar-refractivity contribution in [2.75, 3.05) is 0 Å². The Labute approximate surface area is 161 Å². The van der Waals surface area contributed by atoms with Crippen LogP contribution in [-0.2, 0) is 0 Å². The second-order valence-corrected chi connectivity index (χ2v) is 5.94. The minimum Gasteiger partial charge on any atom is -0.258 e. The Bertz CT molecular complexity index is 972. The van der Waals surface area contributed by atoms with Crippen molar-refractivity contribution in [2.45, 2.75) is 0 Å². The molecular formula is C22H16N2O4. The molecule has 3 aromatic carbocycles. The fraction of sp³-hybridized carbons (Fsp3) is 0. The van der Waals surface area contributed by atoms with Gasteiger partial charge in [0.15, 0.2) is 0 Å². The maximum Gasteiger partial charge on any atom is 0.278 e. The number of hydrogen-bond donors (Lipinski definition) is 0. The maximum atomic E-state index is 11.8. The van der Waals surface area contributed by atoms with Crippen molar-refractivity contribution in [2.24, 2.45) is 0 Å². The summed E-state index contributed by atoms with van der Waals surface area (Å²) in [6.45, 7) is 0. The van der Waals surface area contributed by atoms with Crippen molar-refractivity contribution in [3.8, 4) is 0 Å². The summed E-state index contributed by atoms with van der Waals surface area (Å²) in [6, 6.07) is 23.9. The molecule has 28 heavy (non-hydrogen) atoms. The molecule has 0 saturated carbocycles. The van der Waals surface area contributed by atoms with Crippen LogP contribution >= 0.6 is 0 Å². The van der Waals surface area contributed by atoms with Gasteiger partial charge in [0, 0.05) is 12.2 Å². The molecule has 0 atom stereocenters. The SMILES string of the molecule is O=[N+]([O-])C(=Cc1ccccc1)c1ccccc1C(=Cc1ccccc1)[N+](=O)[O-]. The first-order valence-corrected chi connectivity index (χ1v) is 8.48. The van der Waals surface area contributed by atoms with Gasteiger partial charge in [0.2, 0.25) is 0 Å². The zero-order valence-corrected chi connectivity index (χ0v) is 14.8. The minimum absolute atomic E-state index is 0.190. The molecular weight excluding hydrogens is 356 g/mol. The highest BCUT2D eigenvalue weighted by Crippen LogP contribution is 2.29. The van der Waals surface area contributed by atoms with Crippen molar-refractivity contribution in [1.82, 2.24) is 0 Å². The fourth-order valence-corrected chi connectivity index (χ4v) is 2.80. The van der Waals surface area contributed by atoms with Crippen LogP contribution in [0, 0.1) is 20.2 Å². The number of nitrogens with zero attached hydrogens (tertiary/aromatic N) is 2. The number of nitro groups is 2. The van der Waals surface area contributed by atoms with E-state index in [9.17, 15) is 20.2 Å². The molecule has 0 heterocycles. The Morgan fingerprint density at radius 2 is 0.893 bits per heavy atom. The average molecular weight is 372 g/mol. The van der Waals surface area contributed by atoms with E-state index in [-0.39, 0.29) is 22.5 Å². The Hall–Kier alpha value is -4.06. The maximum absolute atomic E-state index is 11.8. The Morgan fingerprint density at radius 3 is 1.21 bits per heavy atom. The molecule has 0 amide bonds. The van der Waals surface area contributed by atoms with Crippen LogP contribution in [0.1, 0.15) is 22.3 Å². The molecule has 6 heteroatoms. The molecule has 0 N–H and O–H groups in total. The molecule has 0 saturated heterocycles. The lowest BCUT2D eigenvalue weighted by Gasteiger charge is -2.06. The first-order valence-electron chi connectivity index (χ1n) is 8.48. The van der Waals surface area contributed by atoms with Crippen LogP contribution in [-0.4, -0.2) is 9.85 Å². The zero-order valence-electron chi connectivity index (χ0n) is 14.8. The van der Waals surface area contributed by atoms with E-state index in [1.807, 2.05) is 12.1 Å². The summed E-state index contributed by atoms with van der Waals surface area (Å²) in [5, 5.41) is 23.5. The molecule has 138 valence electrons. The smallest absolute Gasteiger partial charge is 0.258 e. The predicted octanol–water partition coefficient (Wildman–Crippen LogP) is 5.24. The van der Waals surface area contributed by atoms with E-state index in [0.29, 0.717) is 11.1 Å². The Kier molecular flexibility index (Phi) is 5.72. The van der Waals surface area contributed by atoms with E-state index in [2.05, 4.69) is 0 Å². The molecule has 3 rings (SSSR count).